The van der Waals surface area contributed by atoms with E-state index in [1.807, 2.05) is 0 Å². The number of hydrogen-bond acceptors (Lipinski definition) is 3. The summed E-state index contributed by atoms with van der Waals surface area (Å²) in [4.78, 5) is 0. The fraction of sp³-hybridized carbons (Fsp3) is 0.167. The van der Waals surface area contributed by atoms with E-state index in [4.69, 9.17) is 15.9 Å². The third kappa shape index (κ3) is 2.90. The standard InChI is InChI=1S/C12H11F3N4O/c1-19-6-8(5-18-19)20-10-3-2-7(12(13,14)15)4-9(10)11(16)17/h2-6H,1H3,(H3,16,17). The molecular formula is C12H11F3N4O. The molecule has 0 spiro atoms. The molecule has 0 radical (unpaired) electrons. The summed E-state index contributed by atoms with van der Waals surface area (Å²) >= 11 is 0. The topological polar surface area (TPSA) is 76.9 Å². The lowest BCUT2D eigenvalue weighted by Gasteiger charge is -2.12. The Bertz CT molecular complexity index is 648. The molecule has 20 heavy (non-hydrogen) atoms. The van der Waals surface area contributed by atoms with Crippen LogP contribution < -0.4 is 10.5 Å². The van der Waals surface area contributed by atoms with Crippen molar-refractivity contribution in [2.75, 3.05) is 0 Å². The van der Waals surface area contributed by atoms with Crippen LogP contribution in [0.15, 0.2) is 30.6 Å². The van der Waals surface area contributed by atoms with Crippen molar-refractivity contribution in [3.8, 4) is 11.5 Å². The van der Waals surface area contributed by atoms with E-state index < -0.39 is 17.6 Å². The molecule has 0 bridgehead atoms. The first-order valence-electron chi connectivity index (χ1n) is 5.49. The quantitative estimate of drug-likeness (QED) is 0.671. The average molecular weight is 284 g/mol. The summed E-state index contributed by atoms with van der Waals surface area (Å²) < 4.78 is 44.8. The summed E-state index contributed by atoms with van der Waals surface area (Å²) in [5.74, 6) is -0.0942. The number of benzene rings is 1. The molecule has 0 unspecified atom stereocenters. The second kappa shape index (κ2) is 4.87. The highest BCUT2D eigenvalue weighted by Gasteiger charge is 2.31. The largest absolute Gasteiger partial charge is 0.453 e. The van der Waals surface area contributed by atoms with Gasteiger partial charge in [-0.2, -0.15) is 18.3 Å². The maximum atomic E-state index is 12.6. The highest BCUT2D eigenvalue weighted by Crippen LogP contribution is 2.33. The van der Waals surface area contributed by atoms with Crippen LogP contribution in [-0.2, 0) is 13.2 Å². The predicted molar refractivity (Wildman–Crippen MR) is 65.7 cm³/mol. The van der Waals surface area contributed by atoms with Gasteiger partial charge in [0.25, 0.3) is 0 Å². The summed E-state index contributed by atoms with van der Waals surface area (Å²) in [5, 5.41) is 11.2. The normalized spacial score (nSPS) is 11.4. The van der Waals surface area contributed by atoms with E-state index >= 15 is 0 Å². The van der Waals surface area contributed by atoms with Gasteiger partial charge in [-0.25, -0.2) is 0 Å². The third-order valence-corrected chi connectivity index (χ3v) is 2.51. The maximum Gasteiger partial charge on any atom is 0.416 e. The van der Waals surface area contributed by atoms with Crippen LogP contribution in [0.25, 0.3) is 0 Å². The van der Waals surface area contributed by atoms with Crippen LogP contribution in [0.2, 0.25) is 0 Å². The lowest BCUT2D eigenvalue weighted by molar-refractivity contribution is -0.137. The molecule has 2 rings (SSSR count). The Morgan fingerprint density at radius 1 is 1.40 bits per heavy atom. The summed E-state index contributed by atoms with van der Waals surface area (Å²) in [6.45, 7) is 0. The summed E-state index contributed by atoms with van der Waals surface area (Å²) in [6, 6.07) is 2.79. The Morgan fingerprint density at radius 3 is 2.60 bits per heavy atom. The van der Waals surface area contributed by atoms with E-state index in [0.717, 1.165) is 18.2 Å². The molecule has 3 N–H and O–H groups in total. The van der Waals surface area contributed by atoms with Crippen molar-refractivity contribution in [3.63, 3.8) is 0 Å². The number of nitrogens with zero attached hydrogens (tertiary/aromatic N) is 2. The first-order chi connectivity index (χ1) is 9.27. The van der Waals surface area contributed by atoms with Crippen molar-refractivity contribution in [1.82, 2.24) is 9.78 Å². The van der Waals surface area contributed by atoms with Gasteiger partial charge in [0.15, 0.2) is 5.75 Å². The van der Waals surface area contributed by atoms with Crippen molar-refractivity contribution in [1.29, 1.82) is 5.41 Å². The molecule has 0 aliphatic rings. The molecule has 106 valence electrons. The Kier molecular flexibility index (Phi) is 3.39. The molecule has 2 aromatic rings. The Balaban J connectivity index is 2.40. The molecule has 0 amide bonds. The minimum Gasteiger partial charge on any atom is -0.453 e. The highest BCUT2D eigenvalue weighted by molar-refractivity contribution is 5.98. The molecule has 5 nitrogen and oxygen atoms in total. The monoisotopic (exact) mass is 284 g/mol. The van der Waals surface area contributed by atoms with Crippen LogP contribution in [0, 0.1) is 5.41 Å². The zero-order chi connectivity index (χ0) is 14.9. The van der Waals surface area contributed by atoms with Crippen molar-refractivity contribution in [3.05, 3.63) is 41.7 Å². The van der Waals surface area contributed by atoms with Crippen molar-refractivity contribution < 1.29 is 17.9 Å². The fourth-order valence-electron chi connectivity index (χ4n) is 1.58. The van der Waals surface area contributed by atoms with Crippen LogP contribution in [0.4, 0.5) is 13.2 Å². The van der Waals surface area contributed by atoms with Gasteiger partial charge >= 0.3 is 6.18 Å². The minimum atomic E-state index is -4.50. The number of rotatable bonds is 3. The smallest absolute Gasteiger partial charge is 0.416 e. The van der Waals surface area contributed by atoms with Crippen LogP contribution in [0.3, 0.4) is 0 Å². The SMILES string of the molecule is Cn1cc(Oc2ccc(C(F)(F)F)cc2C(=N)N)cn1. The lowest BCUT2D eigenvalue weighted by Crippen LogP contribution is -2.14. The summed E-state index contributed by atoms with van der Waals surface area (Å²) in [6.07, 6.45) is -1.56. The molecule has 0 aliphatic heterocycles. The van der Waals surface area contributed by atoms with Gasteiger partial charge in [0, 0.05) is 7.05 Å². The molecule has 1 aromatic carbocycles. The fourth-order valence-corrected chi connectivity index (χ4v) is 1.58. The predicted octanol–water partition coefficient (Wildman–Crippen LogP) is 2.52. The number of aryl methyl sites for hydroxylation is 1. The minimum absolute atomic E-state index is 0.0681. The molecular weight excluding hydrogens is 273 g/mol. The number of aromatic nitrogens is 2. The van der Waals surface area contributed by atoms with E-state index in [1.54, 1.807) is 13.2 Å². The number of halogens is 3. The van der Waals surface area contributed by atoms with Crippen molar-refractivity contribution >= 4 is 5.84 Å². The molecule has 0 fully saturated rings. The van der Waals surface area contributed by atoms with E-state index in [-0.39, 0.29) is 11.3 Å². The van der Waals surface area contributed by atoms with Crippen LogP contribution in [-0.4, -0.2) is 15.6 Å². The number of nitrogens with one attached hydrogen (secondary N) is 1. The zero-order valence-corrected chi connectivity index (χ0v) is 10.4. The number of amidine groups is 1. The van der Waals surface area contributed by atoms with Crippen LogP contribution in [0.1, 0.15) is 11.1 Å². The summed E-state index contributed by atoms with van der Waals surface area (Å²) in [7, 11) is 1.67. The van der Waals surface area contributed by atoms with Gasteiger partial charge in [-0.3, -0.25) is 10.1 Å². The molecule has 8 heteroatoms. The van der Waals surface area contributed by atoms with E-state index in [9.17, 15) is 13.2 Å². The lowest BCUT2D eigenvalue weighted by atomic mass is 10.1. The van der Waals surface area contributed by atoms with Gasteiger partial charge in [0.05, 0.1) is 23.5 Å². The molecule has 0 atom stereocenters. The second-order valence-electron chi connectivity index (χ2n) is 4.07. The van der Waals surface area contributed by atoms with Gasteiger partial charge in [-0.05, 0) is 18.2 Å². The van der Waals surface area contributed by atoms with Crippen LogP contribution in [0.5, 0.6) is 11.5 Å². The van der Waals surface area contributed by atoms with Crippen molar-refractivity contribution in [2.24, 2.45) is 12.8 Å². The Morgan fingerprint density at radius 2 is 2.10 bits per heavy atom. The highest BCUT2D eigenvalue weighted by atomic mass is 19.4. The number of alkyl halides is 3. The molecule has 0 aliphatic carbocycles. The first kappa shape index (κ1) is 13.9. The van der Waals surface area contributed by atoms with E-state index in [0.29, 0.717) is 5.75 Å². The molecule has 0 saturated carbocycles. The Labute approximate surface area is 112 Å². The van der Waals surface area contributed by atoms with Gasteiger partial charge in [-0.1, -0.05) is 0 Å². The van der Waals surface area contributed by atoms with Gasteiger partial charge in [-0.15, -0.1) is 0 Å². The molecule has 1 heterocycles. The van der Waals surface area contributed by atoms with Crippen molar-refractivity contribution in [2.45, 2.75) is 6.18 Å². The van der Waals surface area contributed by atoms with Gasteiger partial charge < -0.3 is 10.5 Å². The number of nitrogen functional groups attached to an aromatic ring is 1. The van der Waals surface area contributed by atoms with Crippen LogP contribution >= 0.6 is 0 Å². The van der Waals surface area contributed by atoms with Gasteiger partial charge in [0.2, 0.25) is 0 Å². The average Bonchev–Trinajstić information content (AvgIpc) is 2.73. The third-order valence-electron chi connectivity index (χ3n) is 2.51. The molecule has 1 aromatic heterocycles. The second-order valence-corrected chi connectivity index (χ2v) is 4.07. The zero-order valence-electron chi connectivity index (χ0n) is 10.4. The maximum absolute atomic E-state index is 12.6. The number of ether oxygens (including phenoxy) is 1. The van der Waals surface area contributed by atoms with E-state index in [2.05, 4.69) is 5.10 Å². The van der Waals surface area contributed by atoms with E-state index in [1.165, 1.54) is 10.9 Å². The Hall–Kier alpha value is -2.51. The number of nitrogens with two attached hydrogens (primary N) is 1. The number of hydrogen-bond donors (Lipinski definition) is 2. The van der Waals surface area contributed by atoms with Gasteiger partial charge in [0.1, 0.15) is 11.6 Å². The first-order valence-corrected chi connectivity index (χ1v) is 5.49. The molecule has 0 saturated heterocycles. The summed E-state index contributed by atoms with van der Waals surface area (Å²) in [5.41, 5.74) is 4.29.